The van der Waals surface area contributed by atoms with Crippen LogP contribution in [0.1, 0.15) is 51.7 Å². The lowest BCUT2D eigenvalue weighted by atomic mass is 10.0. The van der Waals surface area contributed by atoms with E-state index in [4.69, 9.17) is 4.74 Å². The van der Waals surface area contributed by atoms with Crippen molar-refractivity contribution in [2.45, 2.75) is 46.1 Å². The topological polar surface area (TPSA) is 83.8 Å². The lowest BCUT2D eigenvalue weighted by molar-refractivity contribution is -0.140. The lowest BCUT2D eigenvalue weighted by Gasteiger charge is -2.10. The molecule has 2 N–H and O–H groups in total. The molecule has 1 aromatic rings. The first-order chi connectivity index (χ1) is 12.3. The van der Waals surface area contributed by atoms with Gasteiger partial charge >= 0.3 is 5.97 Å². The number of cyclic esters (lactones) is 1. The van der Waals surface area contributed by atoms with Crippen molar-refractivity contribution in [2.75, 3.05) is 0 Å². The van der Waals surface area contributed by atoms with Crippen molar-refractivity contribution < 1.29 is 24.5 Å². The van der Waals surface area contributed by atoms with Gasteiger partial charge in [-0.05, 0) is 64.0 Å². The largest absolute Gasteiger partial charge is 0.508 e. The van der Waals surface area contributed by atoms with Gasteiger partial charge in [-0.1, -0.05) is 17.2 Å². The lowest BCUT2D eigenvalue weighted by Crippen LogP contribution is -2.02. The summed E-state index contributed by atoms with van der Waals surface area (Å²) in [6.45, 7) is 5.66. The predicted octanol–water partition coefficient (Wildman–Crippen LogP) is 4.27. The molecule has 0 spiro atoms. The second kappa shape index (κ2) is 8.52. The van der Waals surface area contributed by atoms with E-state index in [0.29, 0.717) is 30.4 Å². The normalized spacial score (nSPS) is 16.9. The fourth-order valence-corrected chi connectivity index (χ4v) is 2.78. The Labute approximate surface area is 153 Å². The van der Waals surface area contributed by atoms with Crippen LogP contribution in [0.25, 0.3) is 0 Å². The van der Waals surface area contributed by atoms with Gasteiger partial charge in [0.25, 0.3) is 0 Å². The number of ketones is 1. The van der Waals surface area contributed by atoms with E-state index < -0.39 is 12.1 Å². The summed E-state index contributed by atoms with van der Waals surface area (Å²) in [5.74, 6) is -0.399. The molecule has 2 rings (SSSR count). The zero-order valence-electron chi connectivity index (χ0n) is 15.3. The summed E-state index contributed by atoms with van der Waals surface area (Å²) < 4.78 is 5.28. The van der Waals surface area contributed by atoms with E-state index in [1.165, 1.54) is 18.2 Å². The molecule has 0 bridgehead atoms. The van der Waals surface area contributed by atoms with Gasteiger partial charge in [-0.15, -0.1) is 0 Å². The Hall–Kier alpha value is -2.82. The summed E-state index contributed by atoms with van der Waals surface area (Å²) in [4.78, 5) is 23.8. The number of carbonyl (C=O) groups is 2. The maximum absolute atomic E-state index is 12.0. The molecule has 1 aliphatic heterocycles. The van der Waals surface area contributed by atoms with Crippen molar-refractivity contribution in [3.8, 4) is 11.5 Å². The highest BCUT2D eigenvalue weighted by molar-refractivity contribution is 5.92. The second-order valence-corrected chi connectivity index (χ2v) is 6.71. The smallest absolute Gasteiger partial charge is 0.334 e. The van der Waals surface area contributed by atoms with Gasteiger partial charge in [0.15, 0.2) is 5.78 Å². The molecule has 0 aromatic heterocycles. The summed E-state index contributed by atoms with van der Waals surface area (Å²) in [5, 5.41) is 19.4. The van der Waals surface area contributed by atoms with Gasteiger partial charge in [0.1, 0.15) is 17.6 Å². The molecule has 1 aliphatic rings. The Morgan fingerprint density at radius 2 is 1.96 bits per heavy atom. The monoisotopic (exact) mass is 356 g/mol. The van der Waals surface area contributed by atoms with Crippen LogP contribution in [-0.4, -0.2) is 22.0 Å². The van der Waals surface area contributed by atoms with Crippen molar-refractivity contribution >= 4 is 11.8 Å². The molecule has 1 atom stereocenters. The standard InChI is InChI=1S/C21H24O5/c1-13(2)9-17(23)10-14(3)5-4-6-15-11-20(26-21(15)25)18-12-16(22)7-8-19(18)24/h5,7-9,11-12,20,22,24H,4,6,10H2,1-3H3/t20-/m1/s1. The number of esters is 1. The number of aromatic hydroxyl groups is 2. The molecule has 0 radical (unpaired) electrons. The molecule has 0 fully saturated rings. The molecule has 1 heterocycles. The third-order valence-electron chi connectivity index (χ3n) is 3.98. The molecule has 138 valence electrons. The molecule has 5 nitrogen and oxygen atoms in total. The minimum atomic E-state index is -0.700. The SMILES string of the molecule is CC(C)=CC(=O)CC(C)=CCCC1=C[C@H](c2cc(O)ccc2O)OC1=O. The van der Waals surface area contributed by atoms with Crippen molar-refractivity contribution in [2.24, 2.45) is 0 Å². The number of phenolic OH excluding ortho intramolecular Hbond substituents is 2. The van der Waals surface area contributed by atoms with Crippen LogP contribution in [0, 0.1) is 0 Å². The van der Waals surface area contributed by atoms with E-state index in [9.17, 15) is 19.8 Å². The van der Waals surface area contributed by atoms with Crippen LogP contribution in [0.4, 0.5) is 0 Å². The first-order valence-corrected chi connectivity index (χ1v) is 8.53. The summed E-state index contributed by atoms with van der Waals surface area (Å²) in [5.41, 5.74) is 2.81. The van der Waals surface area contributed by atoms with E-state index in [0.717, 1.165) is 11.1 Å². The molecule has 26 heavy (non-hydrogen) atoms. The van der Waals surface area contributed by atoms with Crippen LogP contribution in [0.3, 0.4) is 0 Å². The molecule has 0 saturated heterocycles. The highest BCUT2D eigenvalue weighted by Crippen LogP contribution is 2.36. The Morgan fingerprint density at radius 3 is 2.65 bits per heavy atom. The maximum Gasteiger partial charge on any atom is 0.334 e. The molecule has 0 saturated carbocycles. The number of hydrogen-bond acceptors (Lipinski definition) is 5. The number of phenols is 2. The summed E-state index contributed by atoms with van der Waals surface area (Å²) >= 11 is 0. The van der Waals surface area contributed by atoms with Crippen molar-refractivity contribution in [1.82, 2.24) is 0 Å². The third-order valence-corrected chi connectivity index (χ3v) is 3.98. The highest BCUT2D eigenvalue weighted by Gasteiger charge is 2.28. The Kier molecular flexibility index (Phi) is 6.39. The average molecular weight is 356 g/mol. The quantitative estimate of drug-likeness (QED) is 0.330. The molecule has 5 heteroatoms. The zero-order chi connectivity index (χ0) is 19.3. The molecule has 0 aliphatic carbocycles. The van der Waals surface area contributed by atoms with Crippen LogP contribution in [-0.2, 0) is 14.3 Å². The van der Waals surface area contributed by atoms with Crippen LogP contribution in [0.15, 0.2) is 53.1 Å². The van der Waals surface area contributed by atoms with Crippen molar-refractivity contribution in [1.29, 1.82) is 0 Å². The first-order valence-electron chi connectivity index (χ1n) is 8.53. The molecular formula is C21H24O5. The van der Waals surface area contributed by atoms with Crippen molar-refractivity contribution in [3.05, 3.63) is 58.7 Å². The zero-order valence-corrected chi connectivity index (χ0v) is 15.3. The molecule has 0 unspecified atom stereocenters. The van der Waals surface area contributed by atoms with Crippen LogP contribution in [0.5, 0.6) is 11.5 Å². The fourth-order valence-electron chi connectivity index (χ4n) is 2.78. The van der Waals surface area contributed by atoms with Gasteiger partial charge in [-0.2, -0.15) is 0 Å². The van der Waals surface area contributed by atoms with E-state index in [-0.39, 0.29) is 17.3 Å². The molecule has 1 aromatic carbocycles. The first kappa shape index (κ1) is 19.5. The van der Waals surface area contributed by atoms with Gasteiger partial charge in [0.05, 0.1) is 0 Å². The van der Waals surface area contributed by atoms with E-state index >= 15 is 0 Å². The number of benzene rings is 1. The van der Waals surface area contributed by atoms with Gasteiger partial charge in [-0.3, -0.25) is 4.79 Å². The van der Waals surface area contributed by atoms with Crippen LogP contribution >= 0.6 is 0 Å². The van der Waals surface area contributed by atoms with Gasteiger partial charge in [0, 0.05) is 17.6 Å². The summed E-state index contributed by atoms with van der Waals surface area (Å²) in [6, 6.07) is 4.11. The fraction of sp³-hybridized carbons (Fsp3) is 0.333. The minimum Gasteiger partial charge on any atom is -0.508 e. The number of allylic oxidation sites excluding steroid dienone is 4. The van der Waals surface area contributed by atoms with Crippen LogP contribution < -0.4 is 0 Å². The number of carbonyl (C=O) groups excluding carboxylic acids is 2. The van der Waals surface area contributed by atoms with E-state index in [1.807, 2.05) is 26.8 Å². The van der Waals surface area contributed by atoms with Crippen LogP contribution in [0.2, 0.25) is 0 Å². The number of ether oxygens (including phenoxy) is 1. The predicted molar refractivity (Wildman–Crippen MR) is 98.7 cm³/mol. The van der Waals surface area contributed by atoms with Gasteiger partial charge in [-0.25, -0.2) is 4.79 Å². The van der Waals surface area contributed by atoms with Gasteiger partial charge in [0.2, 0.25) is 0 Å². The minimum absolute atomic E-state index is 0.00436. The number of rotatable bonds is 7. The average Bonchev–Trinajstić information content (AvgIpc) is 2.89. The van der Waals surface area contributed by atoms with E-state index in [2.05, 4.69) is 0 Å². The maximum atomic E-state index is 12.0. The molecule has 0 amide bonds. The van der Waals surface area contributed by atoms with E-state index in [1.54, 1.807) is 12.2 Å². The van der Waals surface area contributed by atoms with Gasteiger partial charge < -0.3 is 14.9 Å². The number of hydrogen-bond donors (Lipinski definition) is 2. The molecular weight excluding hydrogens is 332 g/mol. The Bertz CT molecular complexity index is 795. The summed E-state index contributed by atoms with van der Waals surface area (Å²) in [7, 11) is 0. The summed E-state index contributed by atoms with van der Waals surface area (Å²) in [6.07, 6.45) is 6.01. The highest BCUT2D eigenvalue weighted by atomic mass is 16.5. The Morgan fingerprint density at radius 1 is 1.23 bits per heavy atom. The Balaban J connectivity index is 1.98. The second-order valence-electron chi connectivity index (χ2n) is 6.71. The van der Waals surface area contributed by atoms with Crippen molar-refractivity contribution in [3.63, 3.8) is 0 Å². The third kappa shape index (κ3) is 5.34.